The first kappa shape index (κ1) is 21.5. The van der Waals surface area contributed by atoms with Gasteiger partial charge in [-0.15, -0.1) is 0 Å². The number of fused-ring (bicyclic) bond motifs is 1. The molecule has 5 rings (SSSR count). The Morgan fingerprint density at radius 1 is 0.909 bits per heavy atom. The van der Waals surface area contributed by atoms with Crippen LogP contribution in [-0.2, 0) is 11.4 Å². The van der Waals surface area contributed by atoms with Gasteiger partial charge in [0, 0.05) is 10.0 Å². The summed E-state index contributed by atoms with van der Waals surface area (Å²) in [5, 5.41) is 5.76. The number of nitrogens with one attached hydrogen (secondary N) is 1. The maximum atomic E-state index is 12.5. The van der Waals surface area contributed by atoms with Gasteiger partial charge in [-0.2, -0.15) is 0 Å². The number of thioether (sulfide) groups is 1. The van der Waals surface area contributed by atoms with E-state index in [1.54, 1.807) is 0 Å². The molecule has 1 saturated heterocycles. The second-order valence-electron chi connectivity index (χ2n) is 7.42. The number of rotatable bonds is 5. The highest BCUT2D eigenvalue weighted by molar-refractivity contribution is 9.10. The summed E-state index contributed by atoms with van der Waals surface area (Å²) < 4.78 is 7.17. The fourth-order valence-electron chi connectivity index (χ4n) is 3.56. The van der Waals surface area contributed by atoms with Crippen molar-refractivity contribution in [2.75, 3.05) is 0 Å². The van der Waals surface area contributed by atoms with Crippen LogP contribution in [0.4, 0.5) is 5.69 Å². The van der Waals surface area contributed by atoms with Gasteiger partial charge in [0.2, 0.25) is 0 Å². The Hall–Kier alpha value is -3.35. The Kier molecular flexibility index (Phi) is 6.28. The zero-order valence-corrected chi connectivity index (χ0v) is 19.9. The number of benzene rings is 4. The van der Waals surface area contributed by atoms with Crippen molar-refractivity contribution in [2.45, 2.75) is 6.61 Å². The van der Waals surface area contributed by atoms with Crippen LogP contribution in [0.5, 0.6) is 5.75 Å². The number of amides is 1. The Morgan fingerprint density at radius 2 is 1.67 bits per heavy atom. The Morgan fingerprint density at radius 3 is 2.55 bits per heavy atom. The fraction of sp³-hybridized carbons (Fsp3) is 0.0370. The highest BCUT2D eigenvalue weighted by Crippen LogP contribution is 2.31. The summed E-state index contributed by atoms with van der Waals surface area (Å²) in [6, 6.07) is 29.8. The minimum atomic E-state index is -0.167. The van der Waals surface area contributed by atoms with Crippen LogP contribution in [-0.4, -0.2) is 11.1 Å². The number of hydrogen-bond acceptors (Lipinski definition) is 4. The van der Waals surface area contributed by atoms with Gasteiger partial charge in [-0.3, -0.25) is 4.79 Å². The molecule has 1 fully saturated rings. The summed E-state index contributed by atoms with van der Waals surface area (Å²) in [6.45, 7) is 0.442. The van der Waals surface area contributed by atoms with E-state index in [1.807, 2.05) is 72.8 Å². The molecule has 1 amide bonds. The highest BCUT2D eigenvalue weighted by Gasteiger charge is 2.24. The molecule has 0 radical (unpaired) electrons. The summed E-state index contributed by atoms with van der Waals surface area (Å²) in [4.78, 5) is 17.6. The van der Waals surface area contributed by atoms with Gasteiger partial charge in [0.05, 0.1) is 10.6 Å². The number of carbonyl (C=O) groups is 1. The van der Waals surface area contributed by atoms with Gasteiger partial charge in [-0.25, -0.2) is 4.99 Å². The average molecular weight is 515 g/mol. The lowest BCUT2D eigenvalue weighted by molar-refractivity contribution is -0.115. The van der Waals surface area contributed by atoms with Gasteiger partial charge in [0.25, 0.3) is 5.91 Å². The Bertz CT molecular complexity index is 1390. The third-order valence-electron chi connectivity index (χ3n) is 5.18. The predicted molar refractivity (Wildman–Crippen MR) is 140 cm³/mol. The minimum Gasteiger partial charge on any atom is -0.488 e. The van der Waals surface area contributed by atoms with Crippen molar-refractivity contribution in [3.63, 3.8) is 0 Å². The number of carbonyl (C=O) groups excluding carboxylic acids is 1. The maximum Gasteiger partial charge on any atom is 0.264 e. The van der Waals surface area contributed by atoms with Crippen molar-refractivity contribution in [3.05, 3.63) is 112 Å². The molecular formula is C27H19BrN2O2S. The molecule has 1 N–H and O–H groups in total. The third kappa shape index (κ3) is 5.02. The second kappa shape index (κ2) is 9.65. The molecule has 0 saturated carbocycles. The first-order valence-electron chi connectivity index (χ1n) is 10.4. The molecule has 162 valence electrons. The number of aliphatic imine (C=N–C) groups is 1. The predicted octanol–water partition coefficient (Wildman–Crippen LogP) is 7.07. The molecule has 33 heavy (non-hydrogen) atoms. The van der Waals surface area contributed by atoms with E-state index < -0.39 is 0 Å². The van der Waals surface area contributed by atoms with Crippen LogP contribution in [0.25, 0.3) is 16.8 Å². The lowest BCUT2D eigenvalue weighted by Gasteiger charge is -2.11. The van der Waals surface area contributed by atoms with Gasteiger partial charge in [-0.05, 0) is 64.5 Å². The quantitative estimate of drug-likeness (QED) is 0.289. The Labute approximate surface area is 204 Å². The van der Waals surface area contributed by atoms with Crippen LogP contribution in [0.3, 0.4) is 0 Å². The molecular weight excluding hydrogens is 496 g/mol. The molecule has 4 nitrogen and oxygen atoms in total. The highest BCUT2D eigenvalue weighted by atomic mass is 79.9. The zero-order valence-electron chi connectivity index (χ0n) is 17.5. The number of nitrogens with zero attached hydrogens (tertiary/aromatic N) is 1. The normalized spacial score (nSPS) is 15.8. The Balaban J connectivity index is 1.36. The lowest BCUT2D eigenvalue weighted by atomic mass is 10.1. The van der Waals surface area contributed by atoms with E-state index in [0.29, 0.717) is 16.7 Å². The van der Waals surface area contributed by atoms with E-state index in [2.05, 4.69) is 50.5 Å². The third-order valence-corrected chi connectivity index (χ3v) is 6.62. The molecule has 6 heteroatoms. The molecule has 4 aromatic carbocycles. The van der Waals surface area contributed by atoms with Gasteiger partial charge < -0.3 is 10.1 Å². The standard InChI is InChI=1S/C27H19BrN2O2S/c28-21-12-14-22(15-13-21)29-27-30-26(31)25(33-27)16-19-7-2-4-11-24(19)32-17-20-9-5-8-18-6-1-3-10-23(18)20/h1-16H,17H2,(H,29,30,31)/b25-16+. The monoisotopic (exact) mass is 514 g/mol. The topological polar surface area (TPSA) is 50.7 Å². The van der Waals surface area contributed by atoms with Crippen molar-refractivity contribution in [1.29, 1.82) is 0 Å². The average Bonchev–Trinajstić information content (AvgIpc) is 3.18. The molecule has 0 aliphatic carbocycles. The van der Waals surface area contributed by atoms with E-state index in [1.165, 1.54) is 22.5 Å². The summed E-state index contributed by atoms with van der Waals surface area (Å²) in [7, 11) is 0. The van der Waals surface area contributed by atoms with E-state index in [0.717, 1.165) is 27.0 Å². The van der Waals surface area contributed by atoms with E-state index in [9.17, 15) is 4.79 Å². The minimum absolute atomic E-state index is 0.167. The molecule has 0 aromatic heterocycles. The van der Waals surface area contributed by atoms with Crippen molar-refractivity contribution in [1.82, 2.24) is 5.32 Å². The summed E-state index contributed by atoms with van der Waals surface area (Å²) in [5.74, 6) is 0.560. The number of amidine groups is 1. The van der Waals surface area contributed by atoms with Gasteiger partial charge in [-0.1, -0.05) is 76.6 Å². The van der Waals surface area contributed by atoms with E-state index in [4.69, 9.17) is 4.74 Å². The largest absolute Gasteiger partial charge is 0.488 e. The molecule has 1 heterocycles. The number of halogens is 1. The van der Waals surface area contributed by atoms with Crippen molar-refractivity contribution < 1.29 is 9.53 Å². The van der Waals surface area contributed by atoms with Gasteiger partial charge in [0.15, 0.2) is 5.17 Å². The van der Waals surface area contributed by atoms with Crippen LogP contribution < -0.4 is 10.1 Å². The summed E-state index contributed by atoms with van der Waals surface area (Å²) in [5.41, 5.74) is 2.74. The molecule has 1 aliphatic rings. The van der Waals surface area contributed by atoms with Crippen molar-refractivity contribution in [2.24, 2.45) is 4.99 Å². The first-order chi connectivity index (χ1) is 16.2. The van der Waals surface area contributed by atoms with Gasteiger partial charge in [0.1, 0.15) is 12.4 Å². The molecule has 0 atom stereocenters. The van der Waals surface area contributed by atoms with Crippen molar-refractivity contribution >= 4 is 61.3 Å². The second-order valence-corrected chi connectivity index (χ2v) is 9.37. The van der Waals surface area contributed by atoms with Crippen LogP contribution in [0.2, 0.25) is 0 Å². The van der Waals surface area contributed by atoms with Crippen LogP contribution in [0.1, 0.15) is 11.1 Å². The summed E-state index contributed by atoms with van der Waals surface area (Å²) >= 11 is 4.74. The molecule has 0 spiro atoms. The van der Waals surface area contributed by atoms with E-state index in [-0.39, 0.29) is 5.91 Å². The van der Waals surface area contributed by atoms with Crippen LogP contribution in [0.15, 0.2) is 105 Å². The maximum absolute atomic E-state index is 12.5. The molecule has 4 aromatic rings. The SMILES string of the molecule is O=C1NC(=Nc2ccc(Br)cc2)S/C1=C/c1ccccc1OCc1cccc2ccccc12. The van der Waals surface area contributed by atoms with Crippen LogP contribution >= 0.6 is 27.7 Å². The molecule has 0 unspecified atom stereocenters. The fourth-order valence-corrected chi connectivity index (χ4v) is 4.66. The molecule has 1 aliphatic heterocycles. The number of para-hydroxylation sites is 1. The van der Waals surface area contributed by atoms with Gasteiger partial charge >= 0.3 is 0 Å². The summed E-state index contributed by atoms with van der Waals surface area (Å²) in [6.07, 6.45) is 1.85. The lowest BCUT2D eigenvalue weighted by Crippen LogP contribution is -2.19. The first-order valence-corrected chi connectivity index (χ1v) is 12.0. The molecule has 0 bridgehead atoms. The van der Waals surface area contributed by atoms with Crippen LogP contribution in [0, 0.1) is 0 Å². The number of hydrogen-bond donors (Lipinski definition) is 1. The smallest absolute Gasteiger partial charge is 0.264 e. The zero-order chi connectivity index (χ0) is 22.6. The number of ether oxygens (including phenoxy) is 1. The van der Waals surface area contributed by atoms with E-state index >= 15 is 0 Å². The van der Waals surface area contributed by atoms with Crippen molar-refractivity contribution in [3.8, 4) is 5.75 Å².